The molecule has 0 amide bonds. The first kappa shape index (κ1) is 12.8. The van der Waals surface area contributed by atoms with Gasteiger partial charge in [-0.3, -0.25) is 0 Å². The molecule has 0 fully saturated rings. The zero-order valence-corrected chi connectivity index (χ0v) is 10.6. The van der Waals surface area contributed by atoms with Crippen molar-refractivity contribution in [3.05, 3.63) is 53.1 Å². The van der Waals surface area contributed by atoms with E-state index in [0.29, 0.717) is 29.7 Å². The van der Waals surface area contributed by atoms with Crippen LogP contribution in [0.15, 0.2) is 36.7 Å². The van der Waals surface area contributed by atoms with Crippen LogP contribution in [0.4, 0.5) is 0 Å². The molecular formula is C13H14ClN3O. The lowest BCUT2D eigenvalue weighted by Gasteiger charge is -2.11. The topological polar surface area (TPSA) is 61.0 Å². The van der Waals surface area contributed by atoms with Gasteiger partial charge in [-0.2, -0.15) is 0 Å². The van der Waals surface area contributed by atoms with Gasteiger partial charge in [0.15, 0.2) is 5.82 Å². The van der Waals surface area contributed by atoms with E-state index in [9.17, 15) is 0 Å². The Hall–Kier alpha value is -1.65. The van der Waals surface area contributed by atoms with Gasteiger partial charge in [0.05, 0.1) is 5.02 Å². The van der Waals surface area contributed by atoms with Gasteiger partial charge in [0, 0.05) is 12.4 Å². The summed E-state index contributed by atoms with van der Waals surface area (Å²) in [4.78, 5) is 8.19. The predicted molar refractivity (Wildman–Crippen MR) is 70.6 cm³/mol. The van der Waals surface area contributed by atoms with Gasteiger partial charge in [0.1, 0.15) is 12.4 Å². The Balaban J connectivity index is 2.13. The number of aromatic nitrogens is 2. The molecule has 0 bridgehead atoms. The summed E-state index contributed by atoms with van der Waals surface area (Å²) in [6.45, 7) is 0.848. The predicted octanol–water partition coefficient (Wildman–Crippen LogP) is 2.21. The lowest BCUT2D eigenvalue weighted by molar-refractivity contribution is 0.293. The van der Waals surface area contributed by atoms with E-state index >= 15 is 0 Å². The highest BCUT2D eigenvalue weighted by Crippen LogP contribution is 2.29. The van der Waals surface area contributed by atoms with Gasteiger partial charge in [-0.1, -0.05) is 23.7 Å². The van der Waals surface area contributed by atoms with Crippen molar-refractivity contribution in [3.63, 3.8) is 0 Å². The molecule has 0 saturated heterocycles. The van der Waals surface area contributed by atoms with Crippen molar-refractivity contribution in [3.8, 4) is 5.75 Å². The quantitative estimate of drug-likeness (QED) is 0.898. The molecule has 0 aliphatic rings. The Morgan fingerprint density at radius 2 is 1.94 bits per heavy atom. The second-order valence-corrected chi connectivity index (χ2v) is 4.13. The Labute approximate surface area is 111 Å². The Bertz CT molecular complexity index is 505. The number of hydrogen-bond acceptors (Lipinski definition) is 4. The summed E-state index contributed by atoms with van der Waals surface area (Å²) in [5, 5.41) is 0.580. The number of ether oxygens (including phenoxy) is 1. The largest absolute Gasteiger partial charge is 0.484 e. The minimum absolute atomic E-state index is 0.294. The van der Waals surface area contributed by atoms with E-state index in [1.165, 1.54) is 0 Å². The standard InChI is InChI=1S/C13H14ClN3O/c14-11-4-1-3-10(5-6-15)13(11)18-9-12-16-7-2-8-17-12/h1-4,7-8H,5-6,9,15H2. The minimum Gasteiger partial charge on any atom is -0.484 e. The van der Waals surface area contributed by atoms with Crippen molar-refractivity contribution in [2.24, 2.45) is 5.73 Å². The van der Waals surface area contributed by atoms with E-state index < -0.39 is 0 Å². The molecule has 1 aromatic heterocycles. The number of para-hydroxylation sites is 1. The summed E-state index contributed by atoms with van der Waals surface area (Å²) >= 11 is 6.12. The lowest BCUT2D eigenvalue weighted by Crippen LogP contribution is -2.07. The molecule has 0 aliphatic carbocycles. The number of halogens is 1. The first-order valence-electron chi connectivity index (χ1n) is 5.67. The Kier molecular flexibility index (Phi) is 4.50. The molecule has 5 heteroatoms. The highest BCUT2D eigenvalue weighted by Gasteiger charge is 2.08. The van der Waals surface area contributed by atoms with Crippen LogP contribution in [0.1, 0.15) is 11.4 Å². The van der Waals surface area contributed by atoms with Gasteiger partial charge < -0.3 is 10.5 Å². The maximum absolute atomic E-state index is 6.12. The van der Waals surface area contributed by atoms with Crippen LogP contribution in [0, 0.1) is 0 Å². The summed E-state index contributed by atoms with van der Waals surface area (Å²) in [7, 11) is 0. The smallest absolute Gasteiger partial charge is 0.166 e. The molecule has 0 saturated carbocycles. The summed E-state index contributed by atoms with van der Waals surface area (Å²) in [6.07, 6.45) is 4.09. The molecule has 2 rings (SSSR count). The number of benzene rings is 1. The van der Waals surface area contributed by atoms with Crippen LogP contribution in [-0.4, -0.2) is 16.5 Å². The third kappa shape index (κ3) is 3.18. The molecule has 2 aromatic rings. The zero-order chi connectivity index (χ0) is 12.8. The average molecular weight is 264 g/mol. The van der Waals surface area contributed by atoms with Gasteiger partial charge in [0.2, 0.25) is 0 Å². The van der Waals surface area contributed by atoms with Crippen LogP contribution >= 0.6 is 11.6 Å². The van der Waals surface area contributed by atoms with Crippen molar-refractivity contribution >= 4 is 11.6 Å². The molecule has 18 heavy (non-hydrogen) atoms. The van der Waals surface area contributed by atoms with E-state index in [1.54, 1.807) is 24.5 Å². The summed E-state index contributed by atoms with van der Waals surface area (Å²) in [5.74, 6) is 1.29. The molecule has 4 nitrogen and oxygen atoms in total. The summed E-state index contributed by atoms with van der Waals surface area (Å²) in [6, 6.07) is 7.40. The SMILES string of the molecule is NCCc1cccc(Cl)c1OCc1ncccn1. The summed E-state index contributed by atoms with van der Waals surface area (Å²) < 4.78 is 5.69. The van der Waals surface area contributed by atoms with Crippen molar-refractivity contribution in [2.45, 2.75) is 13.0 Å². The number of nitrogens with zero attached hydrogens (tertiary/aromatic N) is 2. The number of hydrogen-bond donors (Lipinski definition) is 1. The van der Waals surface area contributed by atoms with Gasteiger partial charge in [-0.05, 0) is 30.7 Å². The Morgan fingerprint density at radius 3 is 2.67 bits per heavy atom. The van der Waals surface area contributed by atoms with E-state index in [-0.39, 0.29) is 0 Å². The van der Waals surface area contributed by atoms with Crippen LogP contribution < -0.4 is 10.5 Å². The van der Waals surface area contributed by atoms with Gasteiger partial charge in [0.25, 0.3) is 0 Å². The number of nitrogens with two attached hydrogens (primary N) is 1. The lowest BCUT2D eigenvalue weighted by atomic mass is 10.1. The highest BCUT2D eigenvalue weighted by molar-refractivity contribution is 6.32. The molecule has 1 aromatic carbocycles. The molecular weight excluding hydrogens is 250 g/mol. The van der Waals surface area contributed by atoms with Crippen LogP contribution in [0.3, 0.4) is 0 Å². The number of rotatable bonds is 5. The van der Waals surface area contributed by atoms with Crippen LogP contribution in [0.5, 0.6) is 5.75 Å². The Morgan fingerprint density at radius 1 is 1.17 bits per heavy atom. The van der Waals surface area contributed by atoms with Crippen molar-refractivity contribution in [2.75, 3.05) is 6.54 Å². The maximum Gasteiger partial charge on any atom is 0.166 e. The molecule has 2 N–H and O–H groups in total. The summed E-state index contributed by atoms with van der Waals surface area (Å²) in [5.41, 5.74) is 6.56. The molecule has 0 atom stereocenters. The van der Waals surface area contributed by atoms with Crippen LogP contribution in [0.25, 0.3) is 0 Å². The van der Waals surface area contributed by atoms with Crippen molar-refractivity contribution < 1.29 is 4.74 Å². The fourth-order valence-corrected chi connectivity index (χ4v) is 1.86. The molecule has 1 heterocycles. The van der Waals surface area contributed by atoms with E-state index in [0.717, 1.165) is 12.0 Å². The minimum atomic E-state index is 0.294. The molecule has 0 unspecified atom stereocenters. The van der Waals surface area contributed by atoms with E-state index in [1.807, 2.05) is 12.1 Å². The van der Waals surface area contributed by atoms with Crippen molar-refractivity contribution in [1.29, 1.82) is 0 Å². The van der Waals surface area contributed by atoms with Crippen LogP contribution in [-0.2, 0) is 13.0 Å². The van der Waals surface area contributed by atoms with Crippen LogP contribution in [0.2, 0.25) is 5.02 Å². The first-order valence-corrected chi connectivity index (χ1v) is 6.05. The fraction of sp³-hybridized carbons (Fsp3) is 0.231. The molecule has 0 aliphatic heterocycles. The third-order valence-corrected chi connectivity index (χ3v) is 2.72. The second-order valence-electron chi connectivity index (χ2n) is 3.72. The van der Waals surface area contributed by atoms with Gasteiger partial charge in [-0.15, -0.1) is 0 Å². The monoisotopic (exact) mass is 263 g/mol. The van der Waals surface area contributed by atoms with E-state index in [2.05, 4.69) is 9.97 Å². The molecule has 94 valence electrons. The van der Waals surface area contributed by atoms with Gasteiger partial charge >= 0.3 is 0 Å². The molecule has 0 radical (unpaired) electrons. The average Bonchev–Trinajstić information content (AvgIpc) is 2.40. The second kappa shape index (κ2) is 6.33. The maximum atomic E-state index is 6.12. The normalized spacial score (nSPS) is 10.3. The zero-order valence-electron chi connectivity index (χ0n) is 9.84. The first-order chi connectivity index (χ1) is 8.81. The highest BCUT2D eigenvalue weighted by atomic mass is 35.5. The van der Waals surface area contributed by atoms with Crippen molar-refractivity contribution in [1.82, 2.24) is 9.97 Å². The fourth-order valence-electron chi connectivity index (χ4n) is 1.61. The molecule has 0 spiro atoms. The van der Waals surface area contributed by atoms with E-state index in [4.69, 9.17) is 22.1 Å². The third-order valence-electron chi connectivity index (χ3n) is 2.43. The van der Waals surface area contributed by atoms with Gasteiger partial charge in [-0.25, -0.2) is 9.97 Å².